The summed E-state index contributed by atoms with van der Waals surface area (Å²) >= 11 is 0. The lowest BCUT2D eigenvalue weighted by atomic mass is 9.97. The molecule has 4 bridgehead atoms. The molecule has 42 heavy (non-hydrogen) atoms. The van der Waals surface area contributed by atoms with Crippen molar-refractivity contribution in [2.75, 3.05) is 13.7 Å². The molecule has 1 fully saturated rings. The van der Waals surface area contributed by atoms with Gasteiger partial charge in [0.1, 0.15) is 11.8 Å². The minimum Gasteiger partial charge on any atom is -0.453 e. The fourth-order valence-corrected chi connectivity index (χ4v) is 6.52. The van der Waals surface area contributed by atoms with Gasteiger partial charge in [0.2, 0.25) is 5.95 Å². The van der Waals surface area contributed by atoms with Crippen LogP contribution in [0.25, 0.3) is 44.5 Å². The number of carbonyl (C=O) groups excluding carboxylic acids is 1. The van der Waals surface area contributed by atoms with Gasteiger partial charge in [0, 0.05) is 38.3 Å². The number of aromatic nitrogens is 6. The molecule has 8 rings (SSSR count). The number of fused-ring (bicyclic) bond motifs is 5. The Morgan fingerprint density at radius 1 is 1.21 bits per heavy atom. The number of ether oxygens (including phenoxy) is 2. The summed E-state index contributed by atoms with van der Waals surface area (Å²) in [4.78, 5) is 34.0. The molecule has 5 aromatic rings. The third kappa shape index (κ3) is 4.02. The Labute approximate surface area is 238 Å². The normalized spacial score (nSPS) is 22.1. The van der Waals surface area contributed by atoms with Crippen LogP contribution in [0.1, 0.15) is 37.0 Å². The molecule has 1 unspecified atom stereocenters. The van der Waals surface area contributed by atoms with Crippen molar-refractivity contribution in [2.24, 2.45) is 14.1 Å². The summed E-state index contributed by atoms with van der Waals surface area (Å²) in [6, 6.07) is 6.19. The van der Waals surface area contributed by atoms with Crippen molar-refractivity contribution in [3.05, 3.63) is 58.7 Å². The van der Waals surface area contributed by atoms with E-state index >= 15 is 8.78 Å². The first-order valence-corrected chi connectivity index (χ1v) is 13.8. The summed E-state index contributed by atoms with van der Waals surface area (Å²) < 4.78 is 46.1. The highest BCUT2D eigenvalue weighted by atomic mass is 19.1. The molecule has 2 N–H and O–H groups in total. The molecule has 4 aromatic heterocycles. The molecular weight excluding hydrogens is 548 g/mol. The molecule has 1 saturated carbocycles. The van der Waals surface area contributed by atoms with Gasteiger partial charge in [0.25, 0.3) is 0 Å². The zero-order valence-electron chi connectivity index (χ0n) is 23.2. The lowest BCUT2D eigenvalue weighted by Crippen LogP contribution is -2.41. The minimum atomic E-state index is -1.28. The first-order valence-electron chi connectivity index (χ1n) is 13.8. The molecule has 11 nitrogen and oxygen atoms in total. The number of imidazole rings is 1. The number of aryl methyl sites for hydroxylation is 2. The van der Waals surface area contributed by atoms with E-state index in [1.54, 1.807) is 59.9 Å². The van der Waals surface area contributed by atoms with Crippen molar-refractivity contribution in [2.45, 2.75) is 43.6 Å². The summed E-state index contributed by atoms with van der Waals surface area (Å²) in [5.74, 6) is -0.661. The van der Waals surface area contributed by atoms with Gasteiger partial charge in [-0.05, 0) is 24.0 Å². The van der Waals surface area contributed by atoms with Crippen LogP contribution in [0.4, 0.5) is 13.6 Å². The Bertz CT molecular complexity index is 1910. The van der Waals surface area contributed by atoms with Gasteiger partial charge in [-0.15, -0.1) is 5.10 Å². The second-order valence-corrected chi connectivity index (χ2v) is 11.0. The second-order valence-electron chi connectivity index (χ2n) is 11.0. The number of benzene rings is 1. The predicted octanol–water partition coefficient (Wildman–Crippen LogP) is 4.28. The van der Waals surface area contributed by atoms with E-state index in [1.807, 2.05) is 0 Å². The van der Waals surface area contributed by atoms with E-state index < -0.39 is 30.4 Å². The maximum Gasteiger partial charge on any atom is 0.407 e. The van der Waals surface area contributed by atoms with Gasteiger partial charge < -0.3 is 19.8 Å². The number of halogens is 2. The molecule has 3 aliphatic rings. The number of H-pyrrole nitrogens is 1. The molecule has 13 heteroatoms. The van der Waals surface area contributed by atoms with Crippen LogP contribution in [0.3, 0.4) is 0 Å². The highest BCUT2D eigenvalue weighted by molar-refractivity contribution is 6.14. The molecule has 0 radical (unpaired) electrons. The van der Waals surface area contributed by atoms with Crippen LogP contribution in [0.2, 0.25) is 0 Å². The number of nitrogens with zero attached hydrogens (tertiary/aromatic N) is 5. The van der Waals surface area contributed by atoms with Gasteiger partial charge in [-0.2, -0.15) is 4.39 Å². The number of rotatable bonds is 2. The minimum absolute atomic E-state index is 0.117. The predicted molar refractivity (Wildman–Crippen MR) is 150 cm³/mol. The summed E-state index contributed by atoms with van der Waals surface area (Å²) in [5, 5.41) is 7.36. The van der Waals surface area contributed by atoms with Gasteiger partial charge in [0.15, 0.2) is 0 Å². The Balaban J connectivity index is 1.55. The Morgan fingerprint density at radius 3 is 2.71 bits per heavy atom. The molecule has 1 aliphatic carbocycles. The first-order chi connectivity index (χ1) is 20.2. The van der Waals surface area contributed by atoms with Crippen molar-refractivity contribution in [3.63, 3.8) is 0 Å². The molecule has 1 aromatic carbocycles. The Morgan fingerprint density at radius 2 is 2.00 bits per heavy atom. The SMILES string of the molecule is COC(=O)N[C@H]1C[C@H]2C[C@H]1OCCC(F)c1ccc(cc1)-c1c(-c3cn(C)nc3F)[nH]c3ncc4c(c13)n2c(=O)n4C. The van der Waals surface area contributed by atoms with Crippen LogP contribution in [0, 0.1) is 5.95 Å². The number of amides is 1. The Hall–Kier alpha value is -4.52. The van der Waals surface area contributed by atoms with E-state index in [2.05, 4.69) is 20.4 Å². The second kappa shape index (κ2) is 9.79. The molecule has 218 valence electrons. The van der Waals surface area contributed by atoms with E-state index in [0.717, 1.165) is 0 Å². The number of hydrogen-bond donors (Lipinski definition) is 2. The van der Waals surface area contributed by atoms with Crippen molar-refractivity contribution in [3.8, 4) is 22.4 Å². The van der Waals surface area contributed by atoms with Gasteiger partial charge >= 0.3 is 11.8 Å². The average Bonchev–Trinajstić information content (AvgIpc) is 3.71. The lowest BCUT2D eigenvalue weighted by molar-refractivity contribution is 0.0271. The van der Waals surface area contributed by atoms with E-state index in [-0.39, 0.29) is 30.3 Å². The third-order valence-corrected chi connectivity index (χ3v) is 8.52. The lowest BCUT2D eigenvalue weighted by Gasteiger charge is -2.21. The van der Waals surface area contributed by atoms with E-state index in [0.29, 0.717) is 57.3 Å². The summed E-state index contributed by atoms with van der Waals surface area (Å²) in [7, 11) is 4.60. The van der Waals surface area contributed by atoms with E-state index in [1.165, 1.54) is 11.8 Å². The van der Waals surface area contributed by atoms with Crippen molar-refractivity contribution in [1.82, 2.24) is 34.2 Å². The van der Waals surface area contributed by atoms with Crippen LogP contribution >= 0.6 is 0 Å². The van der Waals surface area contributed by atoms with Gasteiger partial charge in [0.05, 0.1) is 59.7 Å². The molecule has 0 saturated heterocycles. The maximum atomic E-state index is 15.3. The van der Waals surface area contributed by atoms with Crippen LogP contribution in [-0.4, -0.2) is 60.8 Å². The van der Waals surface area contributed by atoms with Crippen molar-refractivity contribution >= 4 is 28.2 Å². The highest BCUT2D eigenvalue weighted by Crippen LogP contribution is 2.44. The van der Waals surface area contributed by atoms with Crippen LogP contribution in [-0.2, 0) is 23.6 Å². The number of methoxy groups -OCH3 is 1. The van der Waals surface area contributed by atoms with Crippen LogP contribution < -0.4 is 11.0 Å². The van der Waals surface area contributed by atoms with Crippen molar-refractivity contribution < 1.29 is 23.0 Å². The highest BCUT2D eigenvalue weighted by Gasteiger charge is 2.40. The monoisotopic (exact) mass is 577 g/mol. The molecular formula is C29H29F2N7O4. The average molecular weight is 578 g/mol. The topological polar surface area (TPSA) is 121 Å². The number of alkyl halides is 1. The van der Waals surface area contributed by atoms with E-state index in [4.69, 9.17) is 9.47 Å². The fraction of sp³-hybridized carbons (Fsp3) is 0.379. The number of nitrogens with one attached hydrogen (secondary N) is 2. The summed E-state index contributed by atoms with van der Waals surface area (Å²) in [6.45, 7) is 0.128. The van der Waals surface area contributed by atoms with Gasteiger partial charge in [-0.3, -0.25) is 13.8 Å². The number of pyridine rings is 1. The van der Waals surface area contributed by atoms with Crippen molar-refractivity contribution in [1.29, 1.82) is 0 Å². The zero-order valence-corrected chi connectivity index (χ0v) is 23.2. The molecule has 1 amide bonds. The molecule has 0 spiro atoms. The summed E-state index contributed by atoms with van der Waals surface area (Å²) in [5.41, 5.74) is 3.93. The fourth-order valence-electron chi connectivity index (χ4n) is 6.52. The van der Waals surface area contributed by atoms with Crippen LogP contribution in [0.15, 0.2) is 41.5 Å². The number of alkyl carbamates (subject to hydrolysis) is 1. The molecule has 6 heterocycles. The third-order valence-electron chi connectivity index (χ3n) is 8.52. The maximum absolute atomic E-state index is 15.3. The van der Waals surface area contributed by atoms with Gasteiger partial charge in [-0.1, -0.05) is 24.3 Å². The zero-order chi connectivity index (χ0) is 29.3. The van der Waals surface area contributed by atoms with E-state index in [9.17, 15) is 9.59 Å². The smallest absolute Gasteiger partial charge is 0.407 e. The molecule has 2 aliphatic heterocycles. The summed E-state index contributed by atoms with van der Waals surface area (Å²) in [6.07, 6.45) is 1.75. The quantitative estimate of drug-likeness (QED) is 0.323. The Kier molecular flexibility index (Phi) is 6.15. The largest absolute Gasteiger partial charge is 0.453 e. The number of aromatic amines is 1. The number of hydrogen-bond acceptors (Lipinski definition) is 6. The van der Waals surface area contributed by atoms with Gasteiger partial charge in [-0.25, -0.2) is 19.0 Å². The first kappa shape index (κ1) is 26.4. The number of carbonyl (C=O) groups is 1. The standard InChI is InChI=1S/C29H29F2N7O4/c1-36-13-17(26(31)35-36)24-22-15-6-4-14(5-7-15)18(30)8-9-42-21-11-16(10-19(21)33-28(39)41-3)38-25-20(37(2)29(38)40)12-32-27(34-24)23(22)25/h4-7,12-13,16,18-19,21H,8-11H2,1-3H3,(H,32,34)(H,33,39)/t16-,18?,19-,21+/m0/s1. The molecule has 4 atom stereocenters. The van der Waals surface area contributed by atoms with Crippen LogP contribution in [0.5, 0.6) is 0 Å².